The predicted octanol–water partition coefficient (Wildman–Crippen LogP) is 4.63. The van der Waals surface area contributed by atoms with Gasteiger partial charge in [0.05, 0.1) is 15.6 Å². The lowest BCUT2D eigenvalue weighted by molar-refractivity contribution is 0.0651. The van der Waals surface area contributed by atoms with Crippen LogP contribution < -0.4 is 0 Å². The van der Waals surface area contributed by atoms with E-state index in [9.17, 15) is 15.7 Å². The number of hydrogen-bond acceptors (Lipinski definition) is 4. The Balaban J connectivity index is 0.000000423. The third-order valence-corrected chi connectivity index (χ3v) is 4.67. The molecule has 0 spiro atoms. The monoisotopic (exact) mass is 438 g/mol. The van der Waals surface area contributed by atoms with Crippen molar-refractivity contribution >= 4 is 31.7 Å². The maximum absolute atomic E-state index is 10.5. The van der Waals surface area contributed by atoms with Gasteiger partial charge in [-0.1, -0.05) is 51.2 Å². The minimum atomic E-state index is -2.87. The Kier molecular flexibility index (Phi) is 12.1. The van der Waals surface area contributed by atoms with Gasteiger partial charge in [0.1, 0.15) is 0 Å². The van der Waals surface area contributed by atoms with E-state index >= 15 is 0 Å². The Morgan fingerprint density at radius 3 is 1.70 bits per heavy atom. The molecule has 0 aliphatic carbocycles. The molecule has 7 heteroatoms. The summed E-state index contributed by atoms with van der Waals surface area (Å²) in [4.78, 5) is 20.9. The quantitative estimate of drug-likeness (QED) is 0.331. The van der Waals surface area contributed by atoms with Crippen molar-refractivity contribution in [3.8, 4) is 0 Å². The van der Waals surface area contributed by atoms with Gasteiger partial charge in [-0.2, -0.15) is 0 Å². The number of rotatable bonds is 9. The molecule has 23 heavy (non-hydrogen) atoms. The van der Waals surface area contributed by atoms with E-state index in [0.717, 1.165) is 12.8 Å². The van der Waals surface area contributed by atoms with Crippen LogP contribution in [0.3, 0.4) is 0 Å². The Hall–Kier alpha value is -1.51. The van der Waals surface area contributed by atoms with Crippen LogP contribution in [0.15, 0.2) is 24.3 Å². The zero-order valence-electron chi connectivity index (χ0n) is 13.2. The van der Waals surface area contributed by atoms with Crippen molar-refractivity contribution in [1.82, 2.24) is 0 Å². The summed E-state index contributed by atoms with van der Waals surface area (Å²) < 4.78 is 20.9. The Bertz CT molecular complexity index is 524. The van der Waals surface area contributed by atoms with E-state index < -0.39 is 31.7 Å². The van der Waals surface area contributed by atoms with Crippen LogP contribution in [0.25, 0.3) is 0 Å². The van der Waals surface area contributed by atoms with E-state index in [1.165, 1.54) is 49.9 Å². The molecule has 130 valence electrons. The van der Waals surface area contributed by atoms with Crippen LogP contribution in [0.1, 0.15) is 66.2 Å². The zero-order valence-corrected chi connectivity index (χ0v) is 15.3. The molecule has 0 atom stereocenters. The second-order valence-corrected chi connectivity index (χ2v) is 7.58. The molecule has 1 rings (SSSR count). The van der Waals surface area contributed by atoms with Crippen molar-refractivity contribution < 1.29 is 25.9 Å². The molecule has 1 aromatic rings. The standard InChI is InChI=1S/C8H17IO2.C8H6O4/c1-2-3-4-5-6-7-8-9(10)11;9-7(10)5-3-1-2-4-6(5)8(11)12/h2-8H2,1H3;1-4H,(H,9,10)(H,11,12). The van der Waals surface area contributed by atoms with Crippen LogP contribution in [0.5, 0.6) is 0 Å². The summed E-state index contributed by atoms with van der Waals surface area (Å²) in [6.07, 6.45) is 7.00. The summed E-state index contributed by atoms with van der Waals surface area (Å²) in [5, 5.41) is 17.1. The first-order valence-electron chi connectivity index (χ1n) is 7.47. The average Bonchev–Trinajstić information content (AvgIpc) is 2.51. The normalized spacial score (nSPS) is 10.0. The van der Waals surface area contributed by atoms with Crippen molar-refractivity contribution in [3.63, 3.8) is 0 Å². The van der Waals surface area contributed by atoms with E-state index in [1.807, 2.05) is 0 Å². The fraction of sp³-hybridized carbons (Fsp3) is 0.500. The van der Waals surface area contributed by atoms with E-state index in [0.29, 0.717) is 4.43 Å². The molecule has 0 saturated heterocycles. The number of carbonyl (C=O) groups is 2. The van der Waals surface area contributed by atoms with E-state index in [-0.39, 0.29) is 11.1 Å². The van der Waals surface area contributed by atoms with Crippen molar-refractivity contribution in [1.29, 1.82) is 0 Å². The van der Waals surface area contributed by atoms with Crippen LogP contribution in [0, 0.1) is 0 Å². The van der Waals surface area contributed by atoms with Crippen molar-refractivity contribution in [2.75, 3.05) is 4.43 Å². The molecule has 0 radical (unpaired) electrons. The highest BCUT2D eigenvalue weighted by Crippen LogP contribution is 2.11. The van der Waals surface area contributed by atoms with Gasteiger partial charge in [-0.15, -0.1) is 0 Å². The van der Waals surface area contributed by atoms with Crippen molar-refractivity contribution in [2.45, 2.75) is 45.4 Å². The third-order valence-electron chi connectivity index (χ3n) is 3.03. The third kappa shape index (κ3) is 10.8. The molecule has 0 bridgehead atoms. The van der Waals surface area contributed by atoms with E-state index in [4.69, 9.17) is 10.2 Å². The van der Waals surface area contributed by atoms with Gasteiger partial charge in [0.25, 0.3) is 0 Å². The van der Waals surface area contributed by atoms with Crippen LogP contribution in [0.2, 0.25) is 0 Å². The fourth-order valence-corrected chi connectivity index (χ4v) is 3.00. The van der Waals surface area contributed by atoms with Gasteiger partial charge >= 0.3 is 31.7 Å². The van der Waals surface area contributed by atoms with Crippen LogP contribution >= 0.6 is 19.8 Å². The Morgan fingerprint density at radius 2 is 1.30 bits per heavy atom. The SMILES string of the molecule is CCCCCCCCI(=O)=O.O=C(O)c1ccccc1C(=O)O. The highest BCUT2D eigenvalue weighted by molar-refractivity contribution is 14.2. The number of hydrogen-bond donors (Lipinski definition) is 2. The molecule has 0 heterocycles. The second-order valence-electron chi connectivity index (χ2n) is 4.89. The number of alkyl halides is 1. The molecular formula is C16H23IO6. The minimum absolute atomic E-state index is 0.190. The highest BCUT2D eigenvalue weighted by Gasteiger charge is 2.13. The maximum Gasteiger partial charge on any atom is 0.336 e. The summed E-state index contributed by atoms with van der Waals surface area (Å²) in [6.45, 7) is 2.18. The van der Waals surface area contributed by atoms with Gasteiger partial charge in [0.15, 0.2) is 0 Å². The molecule has 0 aromatic heterocycles. The van der Waals surface area contributed by atoms with E-state index in [2.05, 4.69) is 6.92 Å². The van der Waals surface area contributed by atoms with Crippen LogP contribution in [-0.2, 0) is 6.14 Å². The largest absolute Gasteiger partial charge is 0.478 e. The second kappa shape index (κ2) is 13.0. The molecular weight excluding hydrogens is 415 g/mol. The summed E-state index contributed by atoms with van der Waals surface area (Å²) in [5.74, 6) is -2.46. The van der Waals surface area contributed by atoms with E-state index in [1.54, 1.807) is 0 Å². The lowest BCUT2D eigenvalue weighted by Gasteiger charge is -1.98. The molecule has 0 saturated carbocycles. The van der Waals surface area contributed by atoms with Crippen LogP contribution in [0.4, 0.5) is 0 Å². The lowest BCUT2D eigenvalue weighted by atomic mass is 10.1. The summed E-state index contributed by atoms with van der Waals surface area (Å²) >= 11 is -2.87. The molecule has 1 aromatic carbocycles. The average molecular weight is 438 g/mol. The Morgan fingerprint density at radius 1 is 0.870 bits per heavy atom. The molecule has 0 aliphatic rings. The number of carboxylic acid groups (broad SMARTS) is 2. The van der Waals surface area contributed by atoms with Gasteiger partial charge in [0, 0.05) is 0 Å². The summed E-state index contributed by atoms with van der Waals surface area (Å²) in [5.41, 5.74) is -0.380. The first kappa shape index (κ1) is 21.5. The molecule has 0 unspecified atom stereocenters. The van der Waals surface area contributed by atoms with Gasteiger partial charge in [0.2, 0.25) is 0 Å². The lowest BCUT2D eigenvalue weighted by Crippen LogP contribution is -2.06. The predicted molar refractivity (Wildman–Crippen MR) is 94.0 cm³/mol. The maximum atomic E-state index is 10.5. The molecule has 6 nitrogen and oxygen atoms in total. The number of aromatic carboxylic acids is 2. The summed E-state index contributed by atoms with van der Waals surface area (Å²) in [7, 11) is 0. The first-order valence-corrected chi connectivity index (χ1v) is 10.8. The smallest absolute Gasteiger partial charge is 0.336 e. The molecule has 0 aliphatic heterocycles. The number of benzene rings is 1. The fourth-order valence-electron chi connectivity index (χ4n) is 1.84. The van der Waals surface area contributed by atoms with Gasteiger partial charge in [-0.05, 0) is 18.6 Å². The highest BCUT2D eigenvalue weighted by atomic mass is 127. The van der Waals surface area contributed by atoms with Gasteiger partial charge < -0.3 is 10.2 Å². The van der Waals surface area contributed by atoms with Crippen molar-refractivity contribution in [2.24, 2.45) is 0 Å². The zero-order chi connectivity index (χ0) is 17.7. The van der Waals surface area contributed by atoms with Crippen molar-refractivity contribution in [3.05, 3.63) is 35.4 Å². The minimum Gasteiger partial charge on any atom is -0.478 e. The molecule has 2 N–H and O–H groups in total. The number of carboxylic acids is 2. The molecule has 0 amide bonds. The topological polar surface area (TPSA) is 109 Å². The summed E-state index contributed by atoms with van der Waals surface area (Å²) in [6, 6.07) is 5.48. The van der Waals surface area contributed by atoms with Gasteiger partial charge in [-0.3, -0.25) is 0 Å². The Labute approximate surface area is 143 Å². The number of unbranched alkanes of at least 4 members (excludes halogenated alkanes) is 5. The first-order chi connectivity index (χ1) is 10.9. The molecule has 0 fully saturated rings. The van der Waals surface area contributed by atoms with Gasteiger partial charge in [-0.25, -0.2) is 15.7 Å². The number of halogens is 1. The van der Waals surface area contributed by atoms with Crippen LogP contribution in [-0.4, -0.2) is 26.6 Å².